The molecule has 7 atom stereocenters. The molecular weight excluding hydrogens is 446 g/mol. The van der Waals surface area contributed by atoms with Gasteiger partial charge in [-0.05, 0) is 25.2 Å². The van der Waals surface area contributed by atoms with Crippen LogP contribution >= 0.6 is 0 Å². The molecule has 0 bridgehead atoms. The van der Waals surface area contributed by atoms with Crippen molar-refractivity contribution >= 4 is 17.6 Å². The molecule has 1 heterocycles. The average molecular weight is 490 g/mol. The van der Waals surface area contributed by atoms with E-state index in [4.69, 9.17) is 9.47 Å². The summed E-state index contributed by atoms with van der Waals surface area (Å²) >= 11 is 0. The molecule has 0 aromatic heterocycles. The quantitative estimate of drug-likeness (QED) is 0.171. The number of rotatable bonds is 14. The molecule has 0 aromatic carbocycles. The predicted octanol–water partition coefficient (Wildman–Crippen LogP) is -0.787. The standard InChI is InChI=1S/C23H43N3O8/c1-7-15(27)14(26-21(31)16(12(2)3)25-13(4)5)10-8-9-11-24-22(32)20-18(29)17(28)19(30)23(33-6)34-20/h12-14,16-20,23,25,28-30H,7-11H2,1-6H3,(H,24,32)(H,26,31)/t14-,16-,17-,18-,19+,20-,23+/m0/s1. The lowest BCUT2D eigenvalue weighted by atomic mass is 9.98. The van der Waals surface area contributed by atoms with Crippen LogP contribution in [0.15, 0.2) is 0 Å². The molecule has 0 aromatic rings. The van der Waals surface area contributed by atoms with Gasteiger partial charge in [-0.1, -0.05) is 34.6 Å². The fourth-order valence-electron chi connectivity index (χ4n) is 3.80. The molecule has 6 N–H and O–H groups in total. The Hall–Kier alpha value is -1.63. The van der Waals surface area contributed by atoms with Crippen LogP contribution in [0.5, 0.6) is 0 Å². The van der Waals surface area contributed by atoms with Gasteiger partial charge in [0.05, 0.1) is 12.1 Å². The van der Waals surface area contributed by atoms with Crippen LogP contribution in [0.3, 0.4) is 0 Å². The normalized spacial score (nSPS) is 26.9. The number of hydrogen-bond donors (Lipinski definition) is 6. The van der Waals surface area contributed by atoms with Gasteiger partial charge in [0, 0.05) is 26.1 Å². The van der Waals surface area contributed by atoms with E-state index < -0.39 is 48.7 Å². The first-order valence-corrected chi connectivity index (χ1v) is 12.0. The summed E-state index contributed by atoms with van der Waals surface area (Å²) in [6, 6.07) is -0.888. The summed E-state index contributed by atoms with van der Waals surface area (Å²) in [5, 5.41) is 38.5. The molecule has 2 amide bonds. The van der Waals surface area contributed by atoms with Gasteiger partial charge < -0.3 is 40.7 Å². The van der Waals surface area contributed by atoms with Crippen LogP contribution in [0.1, 0.15) is 60.3 Å². The van der Waals surface area contributed by atoms with Gasteiger partial charge in [-0.2, -0.15) is 0 Å². The van der Waals surface area contributed by atoms with Crippen molar-refractivity contribution in [1.82, 2.24) is 16.0 Å². The number of hydrogen-bond acceptors (Lipinski definition) is 9. The van der Waals surface area contributed by atoms with Gasteiger partial charge in [0.2, 0.25) is 5.91 Å². The Morgan fingerprint density at radius 2 is 1.65 bits per heavy atom. The molecule has 0 spiro atoms. The number of amides is 2. The number of unbranched alkanes of at least 4 members (excludes halogenated alkanes) is 1. The topological polar surface area (TPSA) is 166 Å². The van der Waals surface area contributed by atoms with Crippen LogP contribution in [0, 0.1) is 5.92 Å². The third kappa shape index (κ3) is 8.86. The molecule has 11 heteroatoms. The van der Waals surface area contributed by atoms with Crippen LogP contribution < -0.4 is 16.0 Å². The highest BCUT2D eigenvalue weighted by molar-refractivity contribution is 5.90. The van der Waals surface area contributed by atoms with Crippen LogP contribution in [0.2, 0.25) is 0 Å². The van der Waals surface area contributed by atoms with Crippen LogP contribution in [0.4, 0.5) is 0 Å². The number of Topliss-reactive ketones (excluding diaryl/α,β-unsaturated/α-hetero) is 1. The summed E-state index contributed by atoms with van der Waals surface area (Å²) in [6.07, 6.45) is -5.46. The number of nitrogens with one attached hydrogen (secondary N) is 3. The monoisotopic (exact) mass is 489 g/mol. The number of carbonyl (C=O) groups excluding carboxylic acids is 3. The summed E-state index contributed by atoms with van der Waals surface area (Å²) in [5.41, 5.74) is 0. The lowest BCUT2D eigenvalue weighted by Crippen LogP contribution is -2.61. The third-order valence-corrected chi connectivity index (χ3v) is 5.79. The highest BCUT2D eigenvalue weighted by atomic mass is 16.7. The van der Waals surface area contributed by atoms with E-state index in [1.54, 1.807) is 6.92 Å². The van der Waals surface area contributed by atoms with Crippen LogP contribution in [-0.2, 0) is 23.9 Å². The van der Waals surface area contributed by atoms with E-state index in [1.807, 2.05) is 27.7 Å². The molecule has 1 rings (SSSR count). The van der Waals surface area contributed by atoms with Crippen molar-refractivity contribution in [2.24, 2.45) is 5.92 Å². The minimum absolute atomic E-state index is 0.0543. The summed E-state index contributed by atoms with van der Waals surface area (Å²) in [6.45, 7) is 9.80. The number of ether oxygens (including phenoxy) is 2. The van der Waals surface area contributed by atoms with Crippen LogP contribution in [-0.4, -0.2) is 95.4 Å². The van der Waals surface area contributed by atoms with E-state index in [9.17, 15) is 29.7 Å². The predicted molar refractivity (Wildman–Crippen MR) is 125 cm³/mol. The number of methoxy groups -OCH3 is 1. The Morgan fingerprint density at radius 1 is 1.00 bits per heavy atom. The van der Waals surface area contributed by atoms with Gasteiger partial charge in [-0.3, -0.25) is 14.4 Å². The first-order chi connectivity index (χ1) is 15.9. The van der Waals surface area contributed by atoms with Crippen LogP contribution in [0.25, 0.3) is 0 Å². The van der Waals surface area contributed by atoms with Crippen molar-refractivity contribution in [1.29, 1.82) is 0 Å². The smallest absolute Gasteiger partial charge is 0.252 e. The van der Waals surface area contributed by atoms with E-state index in [0.29, 0.717) is 25.7 Å². The molecule has 34 heavy (non-hydrogen) atoms. The zero-order valence-electron chi connectivity index (χ0n) is 21.1. The van der Waals surface area contributed by atoms with Crippen molar-refractivity contribution in [2.75, 3.05) is 13.7 Å². The Morgan fingerprint density at radius 3 is 2.18 bits per heavy atom. The van der Waals surface area contributed by atoms with E-state index in [1.165, 1.54) is 7.11 Å². The van der Waals surface area contributed by atoms with Crippen molar-refractivity contribution < 1.29 is 39.2 Å². The Balaban J connectivity index is 2.55. The second-order valence-electron chi connectivity index (χ2n) is 9.34. The number of aliphatic hydroxyl groups is 3. The van der Waals surface area contributed by atoms with Gasteiger partial charge in [0.1, 0.15) is 18.3 Å². The van der Waals surface area contributed by atoms with E-state index in [0.717, 1.165) is 0 Å². The van der Waals surface area contributed by atoms with Gasteiger partial charge in [0.15, 0.2) is 18.2 Å². The highest BCUT2D eigenvalue weighted by Crippen LogP contribution is 2.21. The lowest BCUT2D eigenvalue weighted by Gasteiger charge is -2.38. The first-order valence-electron chi connectivity index (χ1n) is 12.0. The molecule has 0 saturated carbocycles. The van der Waals surface area contributed by atoms with Crippen molar-refractivity contribution in [3.63, 3.8) is 0 Å². The molecule has 198 valence electrons. The maximum atomic E-state index is 12.8. The fraction of sp³-hybridized carbons (Fsp3) is 0.870. The van der Waals surface area contributed by atoms with E-state index >= 15 is 0 Å². The molecule has 1 saturated heterocycles. The van der Waals surface area contributed by atoms with Gasteiger partial charge in [-0.15, -0.1) is 0 Å². The Bertz CT molecular complexity index is 658. The molecule has 0 radical (unpaired) electrons. The van der Waals surface area contributed by atoms with Crippen molar-refractivity contribution in [3.05, 3.63) is 0 Å². The van der Waals surface area contributed by atoms with Crippen molar-refractivity contribution in [2.45, 2.75) is 109 Å². The van der Waals surface area contributed by atoms with Gasteiger partial charge in [0.25, 0.3) is 5.91 Å². The molecule has 11 nitrogen and oxygen atoms in total. The molecule has 1 aliphatic heterocycles. The average Bonchev–Trinajstić information content (AvgIpc) is 2.79. The van der Waals surface area contributed by atoms with Gasteiger partial charge in [-0.25, -0.2) is 0 Å². The minimum Gasteiger partial charge on any atom is -0.387 e. The number of ketones is 1. The molecule has 0 aliphatic carbocycles. The maximum Gasteiger partial charge on any atom is 0.252 e. The zero-order chi connectivity index (χ0) is 26.0. The minimum atomic E-state index is -1.60. The largest absolute Gasteiger partial charge is 0.387 e. The second kappa shape index (κ2) is 14.7. The number of carbonyl (C=O) groups is 3. The number of aliphatic hydroxyl groups excluding tert-OH is 3. The molecular formula is C23H43N3O8. The third-order valence-electron chi connectivity index (χ3n) is 5.79. The molecule has 0 unspecified atom stereocenters. The summed E-state index contributed by atoms with van der Waals surface area (Å²) in [7, 11) is 1.25. The summed E-state index contributed by atoms with van der Waals surface area (Å²) in [4.78, 5) is 37.5. The molecule has 1 fully saturated rings. The maximum absolute atomic E-state index is 12.8. The zero-order valence-corrected chi connectivity index (χ0v) is 21.1. The summed E-state index contributed by atoms with van der Waals surface area (Å²) < 4.78 is 10.1. The van der Waals surface area contributed by atoms with E-state index in [2.05, 4.69) is 16.0 Å². The van der Waals surface area contributed by atoms with E-state index in [-0.39, 0.29) is 30.2 Å². The molecule has 1 aliphatic rings. The SMILES string of the molecule is CCC(=O)[C@H](CCCCNC(=O)[C@H]1O[C@@H](OC)[C@H](O)[C@@H](O)[C@@H]1O)NC(=O)[C@@H](NC(C)C)C(C)C. The van der Waals surface area contributed by atoms with Crippen molar-refractivity contribution in [3.8, 4) is 0 Å². The van der Waals surface area contributed by atoms with Gasteiger partial charge >= 0.3 is 0 Å². The first kappa shape index (κ1) is 30.4. The highest BCUT2D eigenvalue weighted by Gasteiger charge is 2.46. The fourth-order valence-corrected chi connectivity index (χ4v) is 3.80. The Kier molecular flexibility index (Phi) is 13.1. The Labute approximate surface area is 202 Å². The second-order valence-corrected chi connectivity index (χ2v) is 9.34. The summed E-state index contributed by atoms with van der Waals surface area (Å²) in [5.74, 6) is -0.846. The lowest BCUT2D eigenvalue weighted by molar-refractivity contribution is -0.283.